The Morgan fingerprint density at radius 3 is 2.58 bits per heavy atom. The smallest absolute Gasteiger partial charge is 0.403 e. The molecule has 1 rings (SSSR count). The van der Waals surface area contributed by atoms with E-state index in [9.17, 15) is 13.2 Å². The number of rotatable bonds is 1. The first-order valence-corrected chi connectivity index (χ1v) is 3.22. The maximum absolute atomic E-state index is 11.6. The molecule has 0 aliphatic rings. The molecule has 1 heterocycles. The van der Waals surface area contributed by atoms with E-state index >= 15 is 0 Å². The highest BCUT2D eigenvalue weighted by Crippen LogP contribution is 2.28. The molecule has 0 fully saturated rings. The van der Waals surface area contributed by atoms with E-state index in [2.05, 4.69) is 9.72 Å². The van der Waals surface area contributed by atoms with Crippen LogP contribution in [0.1, 0.15) is 0 Å². The minimum Gasteiger partial charge on any atom is -0.403 e. The number of hydrogen-bond donors (Lipinski definition) is 0. The molecule has 1 aromatic rings. The van der Waals surface area contributed by atoms with Gasteiger partial charge in [-0.1, -0.05) is 11.6 Å². The lowest BCUT2D eigenvalue weighted by molar-refractivity contribution is -0.274. The molecule has 0 saturated heterocycles. The van der Waals surface area contributed by atoms with E-state index in [1.165, 1.54) is 12.3 Å². The van der Waals surface area contributed by atoms with Crippen molar-refractivity contribution in [2.45, 2.75) is 6.36 Å². The Kier molecular flexibility index (Phi) is 2.42. The van der Waals surface area contributed by atoms with E-state index in [0.717, 1.165) is 6.20 Å². The highest BCUT2D eigenvalue weighted by molar-refractivity contribution is 6.31. The Morgan fingerprint density at radius 1 is 1.42 bits per heavy atom. The summed E-state index contributed by atoms with van der Waals surface area (Å²) in [6, 6.07) is 1.21. The Balaban J connectivity index is 2.83. The van der Waals surface area contributed by atoms with Gasteiger partial charge >= 0.3 is 6.36 Å². The van der Waals surface area contributed by atoms with Crippen LogP contribution in [0.2, 0.25) is 5.02 Å². The zero-order valence-electron chi connectivity index (χ0n) is 5.60. The molecule has 6 heteroatoms. The second-order valence-electron chi connectivity index (χ2n) is 1.85. The van der Waals surface area contributed by atoms with Gasteiger partial charge in [0.1, 0.15) is 0 Å². The van der Waals surface area contributed by atoms with Crippen LogP contribution in [-0.2, 0) is 0 Å². The van der Waals surface area contributed by atoms with Crippen molar-refractivity contribution in [3.63, 3.8) is 0 Å². The number of pyridine rings is 1. The summed E-state index contributed by atoms with van der Waals surface area (Å²) in [5, 5.41) is -0.123. The van der Waals surface area contributed by atoms with E-state index in [4.69, 9.17) is 11.6 Å². The van der Waals surface area contributed by atoms with Crippen LogP contribution in [0, 0.1) is 0 Å². The van der Waals surface area contributed by atoms with Gasteiger partial charge in [0.05, 0.1) is 11.2 Å². The van der Waals surface area contributed by atoms with Crippen molar-refractivity contribution in [1.29, 1.82) is 0 Å². The zero-order chi connectivity index (χ0) is 9.19. The van der Waals surface area contributed by atoms with E-state index in [0.29, 0.717) is 0 Å². The SMILES string of the molecule is FC(F)(F)Oc1cnccc1Cl. The summed E-state index contributed by atoms with van der Waals surface area (Å²) >= 11 is 5.37. The number of hydrogen-bond acceptors (Lipinski definition) is 2. The maximum atomic E-state index is 11.6. The van der Waals surface area contributed by atoms with Gasteiger partial charge in [-0.3, -0.25) is 4.98 Å². The third-order valence-electron chi connectivity index (χ3n) is 0.960. The molecule has 2 nitrogen and oxygen atoms in total. The van der Waals surface area contributed by atoms with Crippen LogP contribution in [-0.4, -0.2) is 11.3 Å². The summed E-state index contributed by atoms with van der Waals surface area (Å²) in [7, 11) is 0. The lowest BCUT2D eigenvalue weighted by Crippen LogP contribution is -2.17. The Bertz CT molecular complexity index is 276. The van der Waals surface area contributed by atoms with E-state index in [-0.39, 0.29) is 5.02 Å². The average molecular weight is 198 g/mol. The van der Waals surface area contributed by atoms with Crippen molar-refractivity contribution in [1.82, 2.24) is 4.98 Å². The topological polar surface area (TPSA) is 22.1 Å². The van der Waals surface area contributed by atoms with Crippen molar-refractivity contribution in [3.8, 4) is 5.75 Å². The minimum absolute atomic E-state index is 0.123. The van der Waals surface area contributed by atoms with Crippen molar-refractivity contribution in [2.24, 2.45) is 0 Å². The highest BCUT2D eigenvalue weighted by atomic mass is 35.5. The van der Waals surface area contributed by atoms with Gasteiger partial charge in [0.2, 0.25) is 0 Å². The summed E-state index contributed by atoms with van der Waals surface area (Å²) in [6.07, 6.45) is -2.56. The molecule has 0 saturated carbocycles. The van der Waals surface area contributed by atoms with Crippen molar-refractivity contribution < 1.29 is 17.9 Å². The molecule has 0 unspecified atom stereocenters. The van der Waals surface area contributed by atoms with E-state index in [1.807, 2.05) is 0 Å². The van der Waals surface area contributed by atoms with Gasteiger partial charge in [-0.05, 0) is 6.07 Å². The summed E-state index contributed by atoms with van der Waals surface area (Å²) < 4.78 is 38.4. The number of alkyl halides is 3. The minimum atomic E-state index is -4.73. The van der Waals surface area contributed by atoms with Crippen molar-refractivity contribution in [2.75, 3.05) is 0 Å². The standard InChI is InChI=1S/C6H3ClF3NO/c7-4-1-2-11-3-5(4)12-6(8,9)10/h1-3H. The predicted molar refractivity (Wildman–Crippen MR) is 35.9 cm³/mol. The molecule has 0 bridgehead atoms. The predicted octanol–water partition coefficient (Wildman–Crippen LogP) is 2.63. The van der Waals surface area contributed by atoms with Crippen LogP contribution in [0.15, 0.2) is 18.5 Å². The fourth-order valence-electron chi connectivity index (χ4n) is 0.563. The van der Waals surface area contributed by atoms with Crippen LogP contribution >= 0.6 is 11.6 Å². The fraction of sp³-hybridized carbons (Fsp3) is 0.167. The highest BCUT2D eigenvalue weighted by Gasteiger charge is 2.31. The van der Waals surface area contributed by atoms with E-state index in [1.54, 1.807) is 0 Å². The summed E-state index contributed by atoms with van der Waals surface area (Å²) in [5.41, 5.74) is 0. The second-order valence-corrected chi connectivity index (χ2v) is 2.26. The maximum Gasteiger partial charge on any atom is 0.573 e. The third-order valence-corrected chi connectivity index (χ3v) is 1.27. The average Bonchev–Trinajstić information content (AvgIpc) is 1.91. The first kappa shape index (κ1) is 9.12. The molecule has 0 spiro atoms. The van der Waals surface area contributed by atoms with Crippen molar-refractivity contribution >= 4 is 11.6 Å². The number of ether oxygens (including phenoxy) is 1. The van der Waals surface area contributed by atoms with Gasteiger partial charge in [-0.25, -0.2) is 0 Å². The first-order valence-electron chi connectivity index (χ1n) is 2.84. The van der Waals surface area contributed by atoms with Crippen LogP contribution in [0.3, 0.4) is 0 Å². The second kappa shape index (κ2) is 3.18. The molecule has 0 aliphatic carbocycles. The summed E-state index contributed by atoms with van der Waals surface area (Å²) in [6.45, 7) is 0. The number of aromatic nitrogens is 1. The Morgan fingerprint density at radius 2 is 2.08 bits per heavy atom. The lowest BCUT2D eigenvalue weighted by atomic mass is 10.5. The molecule has 0 aromatic carbocycles. The number of halogens is 4. The van der Waals surface area contributed by atoms with Crippen LogP contribution in [0.4, 0.5) is 13.2 Å². The van der Waals surface area contributed by atoms with Crippen molar-refractivity contribution in [3.05, 3.63) is 23.5 Å². The normalized spacial score (nSPS) is 11.3. The number of nitrogens with zero attached hydrogens (tertiary/aromatic N) is 1. The third kappa shape index (κ3) is 2.58. The summed E-state index contributed by atoms with van der Waals surface area (Å²) in [4.78, 5) is 3.42. The van der Waals surface area contributed by atoms with Crippen LogP contribution in [0.5, 0.6) is 5.75 Å². The van der Waals surface area contributed by atoms with Gasteiger partial charge in [-0.2, -0.15) is 0 Å². The molecule has 0 N–H and O–H groups in total. The molecule has 66 valence electrons. The Labute approximate surface area is 70.9 Å². The van der Waals surface area contributed by atoms with Crippen LogP contribution in [0.25, 0.3) is 0 Å². The first-order chi connectivity index (χ1) is 5.49. The molecular formula is C6H3ClF3NO. The lowest BCUT2D eigenvalue weighted by Gasteiger charge is -2.08. The molecular weight excluding hydrogens is 195 g/mol. The Hall–Kier alpha value is -0.970. The van der Waals surface area contributed by atoms with Gasteiger partial charge in [-0.15, -0.1) is 13.2 Å². The van der Waals surface area contributed by atoms with Crippen LogP contribution < -0.4 is 4.74 Å². The fourth-order valence-corrected chi connectivity index (χ4v) is 0.706. The molecule has 0 atom stereocenters. The van der Waals surface area contributed by atoms with Gasteiger partial charge < -0.3 is 4.74 Å². The van der Waals surface area contributed by atoms with Gasteiger partial charge in [0.15, 0.2) is 5.75 Å². The van der Waals surface area contributed by atoms with E-state index < -0.39 is 12.1 Å². The quantitative estimate of drug-likeness (QED) is 0.691. The molecule has 1 aromatic heterocycles. The molecule has 0 radical (unpaired) electrons. The van der Waals surface area contributed by atoms with Gasteiger partial charge in [0, 0.05) is 6.20 Å². The zero-order valence-corrected chi connectivity index (χ0v) is 6.36. The molecule has 12 heavy (non-hydrogen) atoms. The summed E-state index contributed by atoms with van der Waals surface area (Å²) in [5.74, 6) is -0.494. The largest absolute Gasteiger partial charge is 0.573 e. The monoisotopic (exact) mass is 197 g/mol. The molecule has 0 aliphatic heterocycles. The molecule has 0 amide bonds. The van der Waals surface area contributed by atoms with Gasteiger partial charge in [0.25, 0.3) is 0 Å².